The molecule has 60 valence electrons. The van der Waals surface area contributed by atoms with E-state index in [0.717, 1.165) is 12.8 Å². The lowest BCUT2D eigenvalue weighted by Crippen LogP contribution is -2.21. The van der Waals surface area contributed by atoms with E-state index in [-0.39, 0.29) is 18.4 Å². The fraction of sp³-hybridized carbons (Fsp3) is 0.714. The zero-order valence-electron chi connectivity index (χ0n) is 6.08. The van der Waals surface area contributed by atoms with Crippen LogP contribution in [0, 0.1) is 0 Å². The fourth-order valence-corrected chi connectivity index (χ4v) is 0.643. The summed E-state index contributed by atoms with van der Waals surface area (Å²) in [6.45, 7) is 3.49. The highest BCUT2D eigenvalue weighted by Crippen LogP contribution is 2.02. The van der Waals surface area contributed by atoms with Gasteiger partial charge in [-0.2, -0.15) is 0 Å². The molecule has 0 spiro atoms. The maximum Gasteiger partial charge on any atom is 0.102 e. The van der Waals surface area contributed by atoms with Crippen LogP contribution in [0.2, 0.25) is 0 Å². The molecule has 3 heteroatoms. The van der Waals surface area contributed by atoms with Gasteiger partial charge >= 0.3 is 0 Å². The van der Waals surface area contributed by atoms with E-state index in [4.69, 9.17) is 15.9 Å². The van der Waals surface area contributed by atoms with E-state index in [1.165, 1.54) is 0 Å². The summed E-state index contributed by atoms with van der Waals surface area (Å²) < 4.78 is 0. The maximum atomic E-state index is 8.74. The Morgan fingerprint density at radius 2 is 2.10 bits per heavy atom. The molecule has 0 rings (SSSR count). The Labute approximate surface area is 61.2 Å². The van der Waals surface area contributed by atoms with Crippen LogP contribution < -0.4 is 5.73 Å². The first-order chi connectivity index (χ1) is 4.68. The number of aliphatic hydroxyl groups excluding tert-OH is 2. The first-order valence-corrected chi connectivity index (χ1v) is 3.42. The third-order valence-electron chi connectivity index (χ3n) is 1.35. The van der Waals surface area contributed by atoms with E-state index in [2.05, 4.69) is 6.58 Å². The van der Waals surface area contributed by atoms with E-state index < -0.39 is 0 Å². The zero-order chi connectivity index (χ0) is 7.98. The predicted octanol–water partition coefficient (Wildman–Crippen LogP) is 0.548. The Morgan fingerprint density at radius 3 is 2.50 bits per heavy atom. The molecule has 0 heterocycles. The van der Waals surface area contributed by atoms with Gasteiger partial charge in [0.15, 0.2) is 0 Å². The number of unbranched alkanes of at least 4 members (excludes halogenated alkanes) is 1. The van der Waals surface area contributed by atoms with Gasteiger partial charge in [-0.3, -0.25) is 0 Å². The van der Waals surface area contributed by atoms with Crippen LogP contribution in [0.3, 0.4) is 0 Å². The number of nitrogens with two attached hydrogens (primary N) is 1. The molecule has 0 aliphatic rings. The SMILES string of the molecule is C=C(O)[C@@H](N)CCCCO. The molecule has 0 aliphatic carbocycles. The molecule has 0 fully saturated rings. The summed E-state index contributed by atoms with van der Waals surface area (Å²) in [7, 11) is 0. The van der Waals surface area contributed by atoms with Crippen molar-refractivity contribution in [2.75, 3.05) is 6.61 Å². The van der Waals surface area contributed by atoms with Crippen molar-refractivity contribution >= 4 is 0 Å². The van der Waals surface area contributed by atoms with Crippen LogP contribution in [0.1, 0.15) is 19.3 Å². The van der Waals surface area contributed by atoms with Gasteiger partial charge in [0.05, 0.1) is 6.04 Å². The molecule has 0 aromatic carbocycles. The molecule has 0 saturated heterocycles. The van der Waals surface area contributed by atoms with E-state index in [1.54, 1.807) is 0 Å². The van der Waals surface area contributed by atoms with Crippen molar-refractivity contribution in [3.8, 4) is 0 Å². The van der Waals surface area contributed by atoms with Gasteiger partial charge in [-0.25, -0.2) is 0 Å². The molecule has 3 nitrogen and oxygen atoms in total. The minimum Gasteiger partial charge on any atom is -0.511 e. The van der Waals surface area contributed by atoms with E-state index >= 15 is 0 Å². The van der Waals surface area contributed by atoms with Crippen LogP contribution in [0.5, 0.6) is 0 Å². The van der Waals surface area contributed by atoms with Crippen LogP contribution in [0.15, 0.2) is 12.3 Å². The Morgan fingerprint density at radius 1 is 1.50 bits per heavy atom. The lowest BCUT2D eigenvalue weighted by Gasteiger charge is -2.07. The van der Waals surface area contributed by atoms with Gasteiger partial charge < -0.3 is 15.9 Å². The fourth-order valence-electron chi connectivity index (χ4n) is 0.643. The van der Waals surface area contributed by atoms with Crippen molar-refractivity contribution in [3.63, 3.8) is 0 Å². The molecule has 0 aromatic heterocycles. The molecule has 0 aliphatic heterocycles. The van der Waals surface area contributed by atoms with Gasteiger partial charge in [0.25, 0.3) is 0 Å². The molecule has 0 amide bonds. The zero-order valence-corrected chi connectivity index (χ0v) is 6.08. The normalized spacial score (nSPS) is 13.0. The molecular weight excluding hydrogens is 130 g/mol. The second-order valence-electron chi connectivity index (χ2n) is 2.32. The molecule has 0 saturated carbocycles. The Balaban J connectivity index is 3.21. The summed E-state index contributed by atoms with van der Waals surface area (Å²) in [6, 6.07) is -0.327. The first kappa shape index (κ1) is 9.46. The van der Waals surface area contributed by atoms with E-state index in [1.807, 2.05) is 0 Å². The van der Waals surface area contributed by atoms with Crippen LogP contribution >= 0.6 is 0 Å². The summed E-state index contributed by atoms with van der Waals surface area (Å²) in [6.07, 6.45) is 2.26. The Bertz CT molecular complexity index is 104. The monoisotopic (exact) mass is 145 g/mol. The molecule has 0 unspecified atom stereocenters. The standard InChI is InChI=1S/C7H15NO2/c1-6(10)7(8)4-2-3-5-9/h7,9-10H,1-5,8H2/t7-/m0/s1. The van der Waals surface area contributed by atoms with Crippen LogP contribution in [0.25, 0.3) is 0 Å². The average molecular weight is 145 g/mol. The van der Waals surface area contributed by atoms with Gasteiger partial charge in [0.2, 0.25) is 0 Å². The highest BCUT2D eigenvalue weighted by atomic mass is 16.3. The number of aliphatic hydroxyl groups is 2. The van der Waals surface area contributed by atoms with Gasteiger partial charge in [-0.05, 0) is 19.3 Å². The molecule has 10 heavy (non-hydrogen) atoms. The Hall–Kier alpha value is -0.540. The van der Waals surface area contributed by atoms with Gasteiger partial charge in [0.1, 0.15) is 5.76 Å². The predicted molar refractivity (Wildman–Crippen MR) is 40.7 cm³/mol. The summed E-state index contributed by atoms with van der Waals surface area (Å²) >= 11 is 0. The summed E-state index contributed by atoms with van der Waals surface area (Å²) in [5.41, 5.74) is 5.43. The lowest BCUT2D eigenvalue weighted by atomic mass is 10.1. The third kappa shape index (κ3) is 4.35. The van der Waals surface area contributed by atoms with Crippen molar-refractivity contribution in [2.45, 2.75) is 25.3 Å². The van der Waals surface area contributed by atoms with Gasteiger partial charge in [0, 0.05) is 6.61 Å². The summed E-state index contributed by atoms with van der Waals surface area (Å²) in [5.74, 6) is 0.0259. The van der Waals surface area contributed by atoms with Crippen LogP contribution in [-0.4, -0.2) is 22.9 Å². The smallest absolute Gasteiger partial charge is 0.102 e. The van der Waals surface area contributed by atoms with Crippen molar-refractivity contribution < 1.29 is 10.2 Å². The van der Waals surface area contributed by atoms with Crippen molar-refractivity contribution in [3.05, 3.63) is 12.3 Å². The third-order valence-corrected chi connectivity index (χ3v) is 1.35. The minimum atomic E-state index is -0.327. The lowest BCUT2D eigenvalue weighted by molar-refractivity contribution is 0.278. The van der Waals surface area contributed by atoms with Gasteiger partial charge in [-0.15, -0.1) is 0 Å². The second-order valence-corrected chi connectivity index (χ2v) is 2.32. The molecule has 0 radical (unpaired) electrons. The van der Waals surface area contributed by atoms with Crippen LogP contribution in [-0.2, 0) is 0 Å². The quantitative estimate of drug-likeness (QED) is 0.391. The summed E-state index contributed by atoms with van der Waals surface area (Å²) in [5, 5.41) is 17.1. The van der Waals surface area contributed by atoms with E-state index in [0.29, 0.717) is 6.42 Å². The summed E-state index contributed by atoms with van der Waals surface area (Å²) in [4.78, 5) is 0. The average Bonchev–Trinajstić information content (AvgIpc) is 1.88. The topological polar surface area (TPSA) is 66.5 Å². The highest BCUT2D eigenvalue weighted by molar-refractivity contribution is 4.91. The largest absolute Gasteiger partial charge is 0.511 e. The molecule has 4 N–H and O–H groups in total. The number of rotatable bonds is 5. The van der Waals surface area contributed by atoms with Crippen LogP contribution in [0.4, 0.5) is 0 Å². The minimum absolute atomic E-state index is 0.0259. The van der Waals surface area contributed by atoms with E-state index in [9.17, 15) is 0 Å². The van der Waals surface area contributed by atoms with Gasteiger partial charge in [-0.1, -0.05) is 6.58 Å². The second kappa shape index (κ2) is 5.26. The van der Waals surface area contributed by atoms with Crippen molar-refractivity contribution in [2.24, 2.45) is 5.73 Å². The number of hydrogen-bond acceptors (Lipinski definition) is 3. The van der Waals surface area contributed by atoms with Crippen molar-refractivity contribution in [1.29, 1.82) is 0 Å². The Kier molecular flexibility index (Phi) is 4.98. The first-order valence-electron chi connectivity index (χ1n) is 3.42. The highest BCUT2D eigenvalue weighted by Gasteiger charge is 2.03. The maximum absolute atomic E-state index is 8.74. The molecule has 0 aromatic rings. The molecular formula is C7H15NO2. The molecule has 0 bridgehead atoms. The number of hydrogen-bond donors (Lipinski definition) is 3. The molecule has 1 atom stereocenters. The van der Waals surface area contributed by atoms with Crippen molar-refractivity contribution in [1.82, 2.24) is 0 Å².